The predicted molar refractivity (Wildman–Crippen MR) is 119 cm³/mol. The fourth-order valence-corrected chi connectivity index (χ4v) is 6.28. The van der Waals surface area contributed by atoms with E-state index in [0.29, 0.717) is 22.5 Å². The molecule has 7 heteroatoms. The van der Waals surface area contributed by atoms with E-state index in [-0.39, 0.29) is 23.4 Å². The number of hydrogen-bond acceptors (Lipinski definition) is 3. The molecule has 0 saturated heterocycles. The molecule has 1 amide bonds. The number of rotatable bonds is 6. The summed E-state index contributed by atoms with van der Waals surface area (Å²) >= 11 is 6.27. The van der Waals surface area contributed by atoms with Gasteiger partial charge in [-0.1, -0.05) is 41.8 Å². The van der Waals surface area contributed by atoms with Crippen molar-refractivity contribution in [1.82, 2.24) is 5.32 Å². The van der Waals surface area contributed by atoms with Crippen LogP contribution in [0.2, 0.25) is 5.02 Å². The van der Waals surface area contributed by atoms with Crippen LogP contribution in [-0.2, 0) is 14.8 Å². The molecule has 1 N–H and O–H groups in total. The molecular formula is C23H27ClN2O3S. The first-order valence-corrected chi connectivity index (χ1v) is 12.2. The third-order valence-corrected chi connectivity index (χ3v) is 8.62. The van der Waals surface area contributed by atoms with E-state index in [1.54, 1.807) is 42.5 Å². The van der Waals surface area contributed by atoms with Gasteiger partial charge in [-0.2, -0.15) is 0 Å². The molecule has 0 spiro atoms. The van der Waals surface area contributed by atoms with Crippen LogP contribution >= 0.6 is 11.6 Å². The van der Waals surface area contributed by atoms with Crippen LogP contribution in [0.1, 0.15) is 36.8 Å². The lowest BCUT2D eigenvalue weighted by Gasteiger charge is -2.27. The van der Waals surface area contributed by atoms with Gasteiger partial charge in [-0.05, 0) is 74.8 Å². The molecule has 2 saturated carbocycles. The van der Waals surface area contributed by atoms with Crippen molar-refractivity contribution in [1.29, 1.82) is 0 Å². The molecule has 2 aliphatic carbocycles. The third kappa shape index (κ3) is 4.21. The second kappa shape index (κ2) is 8.23. The average Bonchev–Trinajstić information content (AvgIpc) is 3.32. The molecule has 3 atom stereocenters. The number of hydrogen-bond donors (Lipinski definition) is 1. The topological polar surface area (TPSA) is 66.5 Å². The number of halogens is 1. The summed E-state index contributed by atoms with van der Waals surface area (Å²) in [7, 11) is -3.93. The van der Waals surface area contributed by atoms with Crippen LogP contribution in [0.25, 0.3) is 0 Å². The van der Waals surface area contributed by atoms with Crippen molar-refractivity contribution in [2.75, 3.05) is 10.8 Å². The summed E-state index contributed by atoms with van der Waals surface area (Å²) in [6, 6.07) is 11.9. The first-order chi connectivity index (χ1) is 14.2. The van der Waals surface area contributed by atoms with Gasteiger partial charge in [0.15, 0.2) is 0 Å². The minimum absolute atomic E-state index is 0.150. The number of nitrogens with one attached hydrogen (secondary N) is 1. The highest BCUT2D eigenvalue weighted by molar-refractivity contribution is 7.92. The molecule has 30 heavy (non-hydrogen) atoms. The molecule has 0 aromatic heterocycles. The standard InChI is InChI=1S/C23H27ClN2O3S/c1-15-3-9-20(10-4-15)30(28,29)26(19-8-5-16(2)21(24)13-19)14-23(27)25-22-12-17-6-7-18(22)11-17/h3-5,8-10,13,17-18,22H,6-7,11-12,14H2,1-2H3,(H,25,27)/t17-,18-,22+/m0/s1. The Hall–Kier alpha value is -2.05. The largest absolute Gasteiger partial charge is 0.352 e. The summed E-state index contributed by atoms with van der Waals surface area (Å²) < 4.78 is 28.0. The summed E-state index contributed by atoms with van der Waals surface area (Å²) in [4.78, 5) is 13.0. The highest BCUT2D eigenvalue weighted by Crippen LogP contribution is 2.44. The molecule has 0 aliphatic heterocycles. The van der Waals surface area contributed by atoms with E-state index in [1.165, 1.54) is 12.8 Å². The Labute approximate surface area is 183 Å². The molecule has 5 nitrogen and oxygen atoms in total. The molecule has 0 radical (unpaired) electrons. The molecule has 4 rings (SSSR count). The van der Waals surface area contributed by atoms with Gasteiger partial charge >= 0.3 is 0 Å². The van der Waals surface area contributed by atoms with Crippen LogP contribution < -0.4 is 9.62 Å². The first-order valence-electron chi connectivity index (χ1n) is 10.4. The number of sulfonamides is 1. The number of benzene rings is 2. The summed E-state index contributed by atoms with van der Waals surface area (Å²) in [6.45, 7) is 3.48. The van der Waals surface area contributed by atoms with Gasteiger partial charge in [-0.3, -0.25) is 9.10 Å². The highest BCUT2D eigenvalue weighted by Gasteiger charge is 2.40. The van der Waals surface area contributed by atoms with Crippen molar-refractivity contribution in [2.45, 2.75) is 50.5 Å². The Balaban J connectivity index is 1.62. The highest BCUT2D eigenvalue weighted by atomic mass is 35.5. The maximum atomic E-state index is 13.4. The second-order valence-corrected chi connectivity index (χ2v) is 10.9. The van der Waals surface area contributed by atoms with Crippen LogP contribution in [0.5, 0.6) is 0 Å². The van der Waals surface area contributed by atoms with Gasteiger partial charge in [0.2, 0.25) is 5.91 Å². The van der Waals surface area contributed by atoms with Crippen LogP contribution in [0, 0.1) is 25.7 Å². The zero-order chi connectivity index (χ0) is 21.5. The van der Waals surface area contributed by atoms with Crippen LogP contribution in [-0.4, -0.2) is 26.9 Å². The lowest BCUT2D eigenvalue weighted by atomic mass is 9.95. The Morgan fingerprint density at radius 1 is 1.10 bits per heavy atom. The number of nitrogens with zero attached hydrogens (tertiary/aromatic N) is 1. The van der Waals surface area contributed by atoms with E-state index in [9.17, 15) is 13.2 Å². The van der Waals surface area contributed by atoms with Gasteiger partial charge in [0, 0.05) is 11.1 Å². The molecule has 0 heterocycles. The summed E-state index contributed by atoms with van der Waals surface area (Å²) in [6.07, 6.45) is 4.56. The van der Waals surface area contributed by atoms with Crippen LogP contribution in [0.4, 0.5) is 5.69 Å². The number of carbonyl (C=O) groups excluding carboxylic acids is 1. The summed E-state index contributed by atoms with van der Waals surface area (Å²) in [5.74, 6) is 0.943. The molecule has 2 bridgehead atoms. The van der Waals surface area contributed by atoms with Gasteiger partial charge < -0.3 is 5.32 Å². The number of anilines is 1. The van der Waals surface area contributed by atoms with Crippen molar-refractivity contribution in [3.63, 3.8) is 0 Å². The van der Waals surface area contributed by atoms with Crippen LogP contribution in [0.3, 0.4) is 0 Å². The van der Waals surface area contributed by atoms with Gasteiger partial charge in [-0.15, -0.1) is 0 Å². The lowest BCUT2D eigenvalue weighted by Crippen LogP contribution is -2.46. The van der Waals surface area contributed by atoms with E-state index in [2.05, 4.69) is 5.32 Å². The van der Waals surface area contributed by atoms with E-state index in [1.807, 2.05) is 13.8 Å². The molecule has 0 unspecified atom stereocenters. The Bertz CT molecular complexity index is 1050. The number of carbonyl (C=O) groups is 1. The number of fused-ring (bicyclic) bond motifs is 2. The zero-order valence-corrected chi connectivity index (χ0v) is 18.8. The fraction of sp³-hybridized carbons (Fsp3) is 0.435. The van der Waals surface area contributed by atoms with Crippen molar-refractivity contribution >= 4 is 33.2 Å². The smallest absolute Gasteiger partial charge is 0.264 e. The minimum atomic E-state index is -3.93. The van der Waals surface area contributed by atoms with Gasteiger partial charge in [0.25, 0.3) is 10.0 Å². The first kappa shape index (κ1) is 21.2. The quantitative estimate of drug-likeness (QED) is 0.712. The van der Waals surface area contributed by atoms with Gasteiger partial charge in [-0.25, -0.2) is 8.42 Å². The molecule has 160 valence electrons. The maximum Gasteiger partial charge on any atom is 0.264 e. The number of aryl methyl sites for hydroxylation is 2. The van der Waals surface area contributed by atoms with Crippen molar-refractivity contribution in [2.24, 2.45) is 11.8 Å². The van der Waals surface area contributed by atoms with Crippen molar-refractivity contribution in [3.05, 3.63) is 58.6 Å². The van der Waals surface area contributed by atoms with E-state index in [4.69, 9.17) is 11.6 Å². The maximum absolute atomic E-state index is 13.4. The van der Waals surface area contributed by atoms with Crippen molar-refractivity contribution in [3.8, 4) is 0 Å². The summed E-state index contributed by atoms with van der Waals surface area (Å²) in [5.41, 5.74) is 2.20. The third-order valence-electron chi connectivity index (χ3n) is 6.42. The Morgan fingerprint density at radius 2 is 1.83 bits per heavy atom. The molecule has 2 aromatic carbocycles. The predicted octanol–water partition coefficient (Wildman–Crippen LogP) is 4.46. The zero-order valence-electron chi connectivity index (χ0n) is 17.3. The Morgan fingerprint density at radius 3 is 2.43 bits per heavy atom. The minimum Gasteiger partial charge on any atom is -0.352 e. The fourth-order valence-electron chi connectivity index (χ4n) is 4.69. The van der Waals surface area contributed by atoms with E-state index >= 15 is 0 Å². The normalized spacial score (nSPS) is 22.8. The second-order valence-electron chi connectivity index (χ2n) is 8.61. The molecular weight excluding hydrogens is 420 g/mol. The van der Waals surface area contributed by atoms with Gasteiger partial charge in [0.1, 0.15) is 6.54 Å². The van der Waals surface area contributed by atoms with E-state index < -0.39 is 10.0 Å². The average molecular weight is 447 g/mol. The Kier molecular flexibility index (Phi) is 5.82. The molecule has 2 aromatic rings. The van der Waals surface area contributed by atoms with Crippen molar-refractivity contribution < 1.29 is 13.2 Å². The van der Waals surface area contributed by atoms with Gasteiger partial charge in [0.05, 0.1) is 10.6 Å². The SMILES string of the molecule is Cc1ccc(S(=O)(=O)N(CC(=O)N[C@@H]2C[C@H]3CC[C@H]2C3)c2ccc(C)c(Cl)c2)cc1. The monoisotopic (exact) mass is 446 g/mol. The molecule has 2 aliphatic rings. The van der Waals surface area contributed by atoms with E-state index in [0.717, 1.165) is 28.3 Å². The number of amides is 1. The van der Waals surface area contributed by atoms with Crippen LogP contribution in [0.15, 0.2) is 47.4 Å². The lowest BCUT2D eigenvalue weighted by molar-refractivity contribution is -0.120. The summed E-state index contributed by atoms with van der Waals surface area (Å²) in [5, 5.41) is 3.55. The molecule has 2 fully saturated rings.